The fourth-order valence-corrected chi connectivity index (χ4v) is 4.58. The molecule has 0 saturated heterocycles. The van der Waals surface area contributed by atoms with Crippen LogP contribution in [0.5, 0.6) is 0 Å². The number of rotatable bonds is 5. The molecule has 6 nitrogen and oxygen atoms in total. The van der Waals surface area contributed by atoms with Crippen molar-refractivity contribution in [2.45, 2.75) is 6.92 Å². The number of hydrogen-bond acceptors (Lipinski definition) is 5. The molecule has 0 bridgehead atoms. The Hall–Kier alpha value is -4.68. The molecule has 3 heterocycles. The number of anilines is 1. The topological polar surface area (TPSA) is 86.9 Å². The SMILES string of the molecule is CC(=O)c1oc2nc(-c3ccccc3)cc(-c3cn(-c4ccccc4)nc3-c3ccc(Cl)cc3)c2c1N. The van der Waals surface area contributed by atoms with Gasteiger partial charge in [-0.25, -0.2) is 9.67 Å². The zero-order valence-corrected chi connectivity index (χ0v) is 20.6. The maximum atomic E-state index is 12.3. The van der Waals surface area contributed by atoms with Crippen molar-refractivity contribution in [3.05, 3.63) is 108 Å². The Bertz CT molecular complexity index is 1760. The summed E-state index contributed by atoms with van der Waals surface area (Å²) in [6.45, 7) is 1.43. The Labute approximate surface area is 217 Å². The standard InChI is InChI=1S/C30H21ClN4O2/c1-18(36)29-27(32)26-23(16-25(33-30(26)37-29)19-8-4-2-5-9-19)24-17-35(22-10-6-3-7-11-22)34-28(24)20-12-14-21(31)15-13-20/h2-17H,32H2,1H3. The molecule has 2 N–H and O–H groups in total. The molecule has 6 rings (SSSR count). The summed E-state index contributed by atoms with van der Waals surface area (Å²) in [4.78, 5) is 17.0. The van der Waals surface area contributed by atoms with Crippen molar-refractivity contribution in [3.8, 4) is 39.3 Å². The summed E-state index contributed by atoms with van der Waals surface area (Å²) in [5.74, 6) is -0.168. The fourth-order valence-electron chi connectivity index (χ4n) is 4.46. The van der Waals surface area contributed by atoms with Crippen molar-refractivity contribution in [2.75, 3.05) is 5.73 Å². The van der Waals surface area contributed by atoms with Crippen molar-refractivity contribution in [3.63, 3.8) is 0 Å². The Morgan fingerprint density at radius 3 is 2.24 bits per heavy atom. The normalized spacial score (nSPS) is 11.2. The summed E-state index contributed by atoms with van der Waals surface area (Å²) in [5.41, 5.74) is 12.8. The molecule has 0 aliphatic heterocycles. The molecule has 7 heteroatoms. The molecular formula is C30H21ClN4O2. The molecule has 3 aromatic carbocycles. The number of halogens is 1. The Morgan fingerprint density at radius 1 is 0.892 bits per heavy atom. The number of nitrogens with two attached hydrogens (primary N) is 1. The molecule has 180 valence electrons. The number of Topliss-reactive ketones (excluding diaryl/α,β-unsaturated/α-hetero) is 1. The van der Waals surface area contributed by atoms with Gasteiger partial charge in [-0.15, -0.1) is 0 Å². The largest absolute Gasteiger partial charge is 0.432 e. The monoisotopic (exact) mass is 504 g/mol. The van der Waals surface area contributed by atoms with Crippen LogP contribution in [0.2, 0.25) is 5.02 Å². The smallest absolute Gasteiger partial charge is 0.230 e. The number of nitrogens with zero attached hydrogens (tertiary/aromatic N) is 3. The van der Waals surface area contributed by atoms with Crippen molar-refractivity contribution < 1.29 is 9.21 Å². The number of nitrogen functional groups attached to an aromatic ring is 1. The first-order valence-corrected chi connectivity index (χ1v) is 12.1. The van der Waals surface area contributed by atoms with Gasteiger partial charge in [-0.2, -0.15) is 5.10 Å². The van der Waals surface area contributed by atoms with Crippen molar-refractivity contribution >= 4 is 34.2 Å². The van der Waals surface area contributed by atoms with Crippen LogP contribution >= 0.6 is 11.6 Å². The molecular weight excluding hydrogens is 484 g/mol. The van der Waals surface area contributed by atoms with Crippen LogP contribution in [0.1, 0.15) is 17.5 Å². The zero-order valence-electron chi connectivity index (χ0n) is 19.9. The van der Waals surface area contributed by atoms with Gasteiger partial charge in [-0.1, -0.05) is 72.3 Å². The third kappa shape index (κ3) is 4.07. The summed E-state index contributed by atoms with van der Waals surface area (Å²) in [6.07, 6.45) is 1.96. The number of aromatic nitrogens is 3. The van der Waals surface area contributed by atoms with Gasteiger partial charge >= 0.3 is 0 Å². The summed E-state index contributed by atoms with van der Waals surface area (Å²) < 4.78 is 7.74. The zero-order chi connectivity index (χ0) is 25.5. The minimum absolute atomic E-state index is 0.0949. The molecule has 0 aliphatic carbocycles. The number of hydrogen-bond donors (Lipinski definition) is 1. The minimum Gasteiger partial charge on any atom is -0.432 e. The lowest BCUT2D eigenvalue weighted by atomic mass is 9.97. The first-order valence-electron chi connectivity index (χ1n) is 11.7. The number of ketones is 1. The van der Waals surface area contributed by atoms with Gasteiger partial charge in [0.2, 0.25) is 5.71 Å². The quantitative estimate of drug-likeness (QED) is 0.246. The lowest BCUT2D eigenvalue weighted by Crippen LogP contribution is -1.96. The second kappa shape index (κ2) is 9.08. The van der Waals surface area contributed by atoms with E-state index in [4.69, 9.17) is 31.8 Å². The summed E-state index contributed by atoms with van der Waals surface area (Å²) in [6, 6.07) is 29.2. The number of carbonyl (C=O) groups excluding carboxylic acids is 1. The molecule has 0 spiro atoms. The molecule has 0 saturated carbocycles. The van der Waals surface area contributed by atoms with Crippen LogP contribution in [-0.4, -0.2) is 20.5 Å². The second-order valence-electron chi connectivity index (χ2n) is 8.68. The van der Waals surface area contributed by atoms with Crippen LogP contribution in [-0.2, 0) is 0 Å². The minimum atomic E-state index is -0.263. The van der Waals surface area contributed by atoms with Gasteiger partial charge in [-0.05, 0) is 30.3 Å². The van der Waals surface area contributed by atoms with Gasteiger partial charge in [-0.3, -0.25) is 4.79 Å². The first kappa shape index (κ1) is 22.8. The van der Waals surface area contributed by atoms with Crippen LogP contribution in [0.4, 0.5) is 5.69 Å². The Balaban J connectivity index is 1.69. The highest BCUT2D eigenvalue weighted by atomic mass is 35.5. The van der Waals surface area contributed by atoms with E-state index in [9.17, 15) is 4.79 Å². The predicted molar refractivity (Wildman–Crippen MR) is 147 cm³/mol. The average molecular weight is 505 g/mol. The third-order valence-corrected chi connectivity index (χ3v) is 6.48. The predicted octanol–water partition coefficient (Wildman–Crippen LogP) is 7.45. The molecule has 0 aliphatic rings. The molecule has 0 atom stereocenters. The maximum absolute atomic E-state index is 12.3. The van der Waals surface area contributed by atoms with E-state index >= 15 is 0 Å². The van der Waals surface area contributed by atoms with Gasteiger partial charge in [0, 0.05) is 40.4 Å². The van der Waals surface area contributed by atoms with Crippen molar-refractivity contribution in [2.24, 2.45) is 0 Å². The second-order valence-corrected chi connectivity index (χ2v) is 9.12. The van der Waals surface area contributed by atoms with E-state index in [1.165, 1.54) is 6.92 Å². The lowest BCUT2D eigenvalue weighted by Gasteiger charge is -2.08. The maximum Gasteiger partial charge on any atom is 0.230 e. The highest BCUT2D eigenvalue weighted by molar-refractivity contribution is 6.30. The highest BCUT2D eigenvalue weighted by Crippen LogP contribution is 2.42. The van der Waals surface area contributed by atoms with Crippen LogP contribution in [0.25, 0.3) is 50.4 Å². The molecule has 0 unspecified atom stereocenters. The summed E-state index contributed by atoms with van der Waals surface area (Å²) >= 11 is 6.18. The molecule has 3 aromatic heterocycles. The number of benzene rings is 3. The van der Waals surface area contributed by atoms with E-state index in [0.717, 1.165) is 33.6 Å². The number of furan rings is 1. The van der Waals surface area contributed by atoms with Gasteiger partial charge in [0.15, 0.2) is 11.5 Å². The van der Waals surface area contributed by atoms with Gasteiger partial charge in [0.05, 0.1) is 22.5 Å². The van der Waals surface area contributed by atoms with Crippen molar-refractivity contribution in [1.29, 1.82) is 0 Å². The number of carbonyl (C=O) groups is 1. The number of pyridine rings is 1. The average Bonchev–Trinajstić information content (AvgIpc) is 3.52. The summed E-state index contributed by atoms with van der Waals surface area (Å²) in [7, 11) is 0. The molecule has 37 heavy (non-hydrogen) atoms. The van der Waals surface area contributed by atoms with E-state index < -0.39 is 0 Å². The van der Waals surface area contributed by atoms with E-state index in [-0.39, 0.29) is 17.2 Å². The Kier molecular flexibility index (Phi) is 5.58. The molecule has 0 fully saturated rings. The van der Waals surface area contributed by atoms with Gasteiger partial charge < -0.3 is 10.2 Å². The number of para-hydroxylation sites is 1. The van der Waals surface area contributed by atoms with Gasteiger partial charge in [0.25, 0.3) is 0 Å². The van der Waals surface area contributed by atoms with Crippen molar-refractivity contribution in [1.82, 2.24) is 14.8 Å². The highest BCUT2D eigenvalue weighted by Gasteiger charge is 2.24. The molecule has 0 radical (unpaired) electrons. The first-order chi connectivity index (χ1) is 18.0. The van der Waals surface area contributed by atoms with E-state index in [1.54, 1.807) is 0 Å². The van der Waals surface area contributed by atoms with E-state index in [2.05, 4.69) is 0 Å². The van der Waals surface area contributed by atoms with E-state index in [1.807, 2.05) is 102 Å². The summed E-state index contributed by atoms with van der Waals surface area (Å²) in [5, 5.41) is 6.16. The fraction of sp³-hybridized carbons (Fsp3) is 0.0333. The molecule has 6 aromatic rings. The third-order valence-electron chi connectivity index (χ3n) is 6.23. The Morgan fingerprint density at radius 2 is 1.57 bits per heavy atom. The van der Waals surface area contributed by atoms with Crippen LogP contribution in [0.15, 0.2) is 102 Å². The molecule has 0 amide bonds. The van der Waals surface area contributed by atoms with E-state index in [0.29, 0.717) is 21.8 Å². The van der Waals surface area contributed by atoms with Crippen LogP contribution < -0.4 is 5.73 Å². The van der Waals surface area contributed by atoms with Crippen LogP contribution in [0.3, 0.4) is 0 Å². The van der Waals surface area contributed by atoms with Crippen LogP contribution in [0, 0.1) is 0 Å². The van der Waals surface area contributed by atoms with Gasteiger partial charge in [0.1, 0.15) is 5.69 Å². The number of fused-ring (bicyclic) bond motifs is 1. The lowest BCUT2D eigenvalue weighted by molar-refractivity contribution is 0.0990.